The fourth-order valence-electron chi connectivity index (χ4n) is 0.513. The van der Waals surface area contributed by atoms with E-state index in [0.717, 1.165) is 5.82 Å². The SMILES string of the molecule is CNc1cnnc(C)n1. The molecule has 1 rings (SSSR count). The van der Waals surface area contributed by atoms with Crippen molar-refractivity contribution in [2.24, 2.45) is 0 Å². The van der Waals surface area contributed by atoms with E-state index in [4.69, 9.17) is 0 Å². The molecule has 0 saturated heterocycles. The molecule has 0 aromatic carbocycles. The molecule has 0 unspecified atom stereocenters. The molecule has 0 radical (unpaired) electrons. The van der Waals surface area contributed by atoms with Crippen LogP contribution in [0.4, 0.5) is 5.82 Å². The van der Waals surface area contributed by atoms with E-state index in [0.29, 0.717) is 5.82 Å². The Morgan fingerprint density at radius 3 is 2.78 bits per heavy atom. The van der Waals surface area contributed by atoms with E-state index >= 15 is 0 Å². The van der Waals surface area contributed by atoms with Crippen LogP contribution < -0.4 is 5.32 Å². The zero-order chi connectivity index (χ0) is 6.69. The summed E-state index contributed by atoms with van der Waals surface area (Å²) in [6, 6.07) is 0. The van der Waals surface area contributed by atoms with Crippen LogP contribution >= 0.6 is 0 Å². The van der Waals surface area contributed by atoms with Gasteiger partial charge in [-0.1, -0.05) is 0 Å². The standard InChI is InChI=1S/C5H8N4/c1-4-8-5(6-2)3-7-9-4/h3H,1-2H3,(H,6,8,9). The molecule has 0 atom stereocenters. The van der Waals surface area contributed by atoms with Crippen LogP contribution in [0.15, 0.2) is 6.20 Å². The van der Waals surface area contributed by atoms with Crippen molar-refractivity contribution in [2.75, 3.05) is 12.4 Å². The summed E-state index contributed by atoms with van der Waals surface area (Å²) >= 11 is 0. The first-order chi connectivity index (χ1) is 4.33. The fraction of sp³-hybridized carbons (Fsp3) is 0.400. The maximum absolute atomic E-state index is 4.01. The lowest BCUT2D eigenvalue weighted by Gasteiger charge is -1.95. The van der Waals surface area contributed by atoms with Crippen LogP contribution in [0, 0.1) is 6.92 Å². The first-order valence-corrected chi connectivity index (χ1v) is 2.67. The topological polar surface area (TPSA) is 50.7 Å². The van der Waals surface area contributed by atoms with Gasteiger partial charge in [-0.25, -0.2) is 4.98 Å². The van der Waals surface area contributed by atoms with Gasteiger partial charge in [-0.3, -0.25) is 0 Å². The minimum absolute atomic E-state index is 0.682. The van der Waals surface area contributed by atoms with E-state index in [9.17, 15) is 0 Å². The summed E-state index contributed by atoms with van der Waals surface area (Å²) in [7, 11) is 1.80. The summed E-state index contributed by atoms with van der Waals surface area (Å²) < 4.78 is 0. The van der Waals surface area contributed by atoms with Crippen molar-refractivity contribution in [1.29, 1.82) is 0 Å². The normalized spacial score (nSPS) is 9.11. The molecule has 0 bridgehead atoms. The second-order valence-electron chi connectivity index (χ2n) is 1.64. The Balaban J connectivity index is 2.94. The first-order valence-electron chi connectivity index (χ1n) is 2.67. The average molecular weight is 124 g/mol. The lowest BCUT2D eigenvalue weighted by Crippen LogP contribution is -1.97. The Hall–Kier alpha value is -1.19. The number of hydrogen-bond acceptors (Lipinski definition) is 4. The summed E-state index contributed by atoms with van der Waals surface area (Å²) in [6.07, 6.45) is 1.58. The molecule has 9 heavy (non-hydrogen) atoms. The minimum atomic E-state index is 0.682. The Labute approximate surface area is 53.3 Å². The highest BCUT2D eigenvalue weighted by molar-refractivity contribution is 5.28. The monoisotopic (exact) mass is 124 g/mol. The molecule has 0 fully saturated rings. The second kappa shape index (κ2) is 2.39. The van der Waals surface area contributed by atoms with E-state index in [1.807, 2.05) is 0 Å². The van der Waals surface area contributed by atoms with Gasteiger partial charge >= 0.3 is 0 Å². The average Bonchev–Trinajstić information content (AvgIpc) is 1.88. The molecule has 4 nitrogen and oxygen atoms in total. The molecular formula is C5H8N4. The molecule has 0 spiro atoms. The highest BCUT2D eigenvalue weighted by Gasteiger charge is 1.89. The number of nitrogens with one attached hydrogen (secondary N) is 1. The van der Waals surface area contributed by atoms with Gasteiger partial charge in [0.25, 0.3) is 0 Å². The Bertz CT molecular complexity index is 198. The molecule has 4 heteroatoms. The van der Waals surface area contributed by atoms with Crippen LogP contribution in [-0.4, -0.2) is 22.2 Å². The molecule has 0 aliphatic carbocycles. The second-order valence-corrected chi connectivity index (χ2v) is 1.64. The Morgan fingerprint density at radius 2 is 2.33 bits per heavy atom. The molecule has 0 aliphatic rings. The van der Waals surface area contributed by atoms with Crippen LogP contribution in [0.5, 0.6) is 0 Å². The molecule has 0 aliphatic heterocycles. The van der Waals surface area contributed by atoms with Crippen molar-refractivity contribution in [1.82, 2.24) is 15.2 Å². The van der Waals surface area contributed by atoms with Gasteiger partial charge in [-0.05, 0) is 6.92 Å². The molecule has 1 heterocycles. The maximum Gasteiger partial charge on any atom is 0.150 e. The smallest absolute Gasteiger partial charge is 0.150 e. The minimum Gasteiger partial charge on any atom is -0.372 e. The van der Waals surface area contributed by atoms with Gasteiger partial charge < -0.3 is 5.32 Å². The summed E-state index contributed by atoms with van der Waals surface area (Å²) in [5, 5.41) is 10.2. The third kappa shape index (κ3) is 1.35. The van der Waals surface area contributed by atoms with Gasteiger partial charge in [0.15, 0.2) is 0 Å². The fourth-order valence-corrected chi connectivity index (χ4v) is 0.513. The summed E-state index contributed by atoms with van der Waals surface area (Å²) in [6.45, 7) is 1.80. The lowest BCUT2D eigenvalue weighted by molar-refractivity contribution is 0.910. The zero-order valence-electron chi connectivity index (χ0n) is 5.42. The predicted octanol–water partition coefficient (Wildman–Crippen LogP) is 0.222. The van der Waals surface area contributed by atoms with Gasteiger partial charge in [0.05, 0.1) is 6.20 Å². The number of anilines is 1. The molecule has 48 valence electrons. The first kappa shape index (κ1) is 5.94. The van der Waals surface area contributed by atoms with Crippen molar-refractivity contribution < 1.29 is 0 Å². The van der Waals surface area contributed by atoms with Crippen molar-refractivity contribution in [3.05, 3.63) is 12.0 Å². The number of aryl methyl sites for hydroxylation is 1. The molecule has 1 aromatic heterocycles. The third-order valence-electron chi connectivity index (χ3n) is 0.921. The highest BCUT2D eigenvalue weighted by Crippen LogP contribution is 1.94. The van der Waals surface area contributed by atoms with Crippen LogP contribution in [-0.2, 0) is 0 Å². The molecule has 0 amide bonds. The van der Waals surface area contributed by atoms with Gasteiger partial charge in [0.2, 0.25) is 0 Å². The van der Waals surface area contributed by atoms with Crippen molar-refractivity contribution in [3.8, 4) is 0 Å². The number of nitrogens with zero attached hydrogens (tertiary/aromatic N) is 3. The van der Waals surface area contributed by atoms with Crippen molar-refractivity contribution >= 4 is 5.82 Å². The molecule has 1 aromatic rings. The van der Waals surface area contributed by atoms with Crippen LogP contribution in [0.2, 0.25) is 0 Å². The third-order valence-corrected chi connectivity index (χ3v) is 0.921. The highest BCUT2D eigenvalue weighted by atomic mass is 15.2. The predicted molar refractivity (Wildman–Crippen MR) is 34.1 cm³/mol. The van der Waals surface area contributed by atoms with Gasteiger partial charge in [-0.2, -0.15) is 5.10 Å². The molecule has 1 N–H and O–H groups in total. The summed E-state index contributed by atoms with van der Waals surface area (Å²) in [5.41, 5.74) is 0. The van der Waals surface area contributed by atoms with E-state index in [1.165, 1.54) is 0 Å². The summed E-state index contributed by atoms with van der Waals surface area (Å²) in [4.78, 5) is 4.01. The van der Waals surface area contributed by atoms with Crippen molar-refractivity contribution in [3.63, 3.8) is 0 Å². The van der Waals surface area contributed by atoms with Gasteiger partial charge in [0, 0.05) is 7.05 Å². The summed E-state index contributed by atoms with van der Waals surface area (Å²) in [5.74, 6) is 1.43. The van der Waals surface area contributed by atoms with Gasteiger partial charge in [-0.15, -0.1) is 5.10 Å². The Morgan fingerprint density at radius 1 is 1.56 bits per heavy atom. The van der Waals surface area contributed by atoms with E-state index in [2.05, 4.69) is 20.5 Å². The van der Waals surface area contributed by atoms with Gasteiger partial charge in [0.1, 0.15) is 11.6 Å². The van der Waals surface area contributed by atoms with Crippen LogP contribution in [0.3, 0.4) is 0 Å². The number of rotatable bonds is 1. The maximum atomic E-state index is 4.01. The number of aromatic nitrogens is 3. The van der Waals surface area contributed by atoms with Crippen LogP contribution in [0.25, 0.3) is 0 Å². The van der Waals surface area contributed by atoms with Crippen LogP contribution in [0.1, 0.15) is 5.82 Å². The van der Waals surface area contributed by atoms with E-state index < -0.39 is 0 Å². The number of hydrogen-bond donors (Lipinski definition) is 1. The quantitative estimate of drug-likeness (QED) is 0.582. The molecule has 0 saturated carbocycles. The lowest BCUT2D eigenvalue weighted by atomic mass is 10.6. The van der Waals surface area contributed by atoms with Crippen molar-refractivity contribution in [2.45, 2.75) is 6.92 Å². The van der Waals surface area contributed by atoms with E-state index in [1.54, 1.807) is 20.2 Å². The Kier molecular flexibility index (Phi) is 1.58. The largest absolute Gasteiger partial charge is 0.372 e. The zero-order valence-corrected chi connectivity index (χ0v) is 5.42. The molecular weight excluding hydrogens is 116 g/mol. The van der Waals surface area contributed by atoms with E-state index in [-0.39, 0.29) is 0 Å².